The van der Waals surface area contributed by atoms with Crippen LogP contribution in [0.25, 0.3) is 0 Å². The number of hydrogen-bond donors (Lipinski definition) is 0. The highest BCUT2D eigenvalue weighted by atomic mass is 35.5. The average molecular weight is 253 g/mol. The third kappa shape index (κ3) is 2.61. The van der Waals surface area contributed by atoms with Crippen LogP contribution in [0.1, 0.15) is 17.3 Å². The Morgan fingerprint density at radius 2 is 2.18 bits per heavy atom. The fourth-order valence-electron chi connectivity index (χ4n) is 2.12. The summed E-state index contributed by atoms with van der Waals surface area (Å²) in [6.07, 6.45) is 0.822. The van der Waals surface area contributed by atoms with Crippen LogP contribution in [-0.2, 0) is 0 Å². The molecule has 1 atom stereocenters. The molecule has 92 valence electrons. The van der Waals surface area contributed by atoms with Crippen LogP contribution in [0.15, 0.2) is 18.2 Å². The highest BCUT2D eigenvalue weighted by Gasteiger charge is 2.22. The standard InChI is InChI=1S/C13H17ClN2O/c1-10-8-16(6-5-15(10)2)13-4-3-11(9-17)7-12(13)14/h3-4,7,9-10H,5-6,8H2,1-2H3. The van der Waals surface area contributed by atoms with Crippen molar-refractivity contribution in [3.05, 3.63) is 28.8 Å². The van der Waals surface area contributed by atoms with Crippen molar-refractivity contribution < 1.29 is 4.79 Å². The first-order valence-electron chi connectivity index (χ1n) is 5.81. The van der Waals surface area contributed by atoms with E-state index in [2.05, 4.69) is 23.8 Å². The van der Waals surface area contributed by atoms with E-state index < -0.39 is 0 Å². The molecule has 3 nitrogen and oxygen atoms in total. The summed E-state index contributed by atoms with van der Waals surface area (Å²) in [5, 5.41) is 0.659. The van der Waals surface area contributed by atoms with Crippen molar-refractivity contribution in [2.75, 3.05) is 31.6 Å². The maximum atomic E-state index is 10.7. The number of carbonyl (C=O) groups excluding carboxylic acids is 1. The Labute approximate surface area is 107 Å². The average Bonchev–Trinajstić information content (AvgIpc) is 2.32. The number of rotatable bonds is 2. The molecule has 1 unspecified atom stereocenters. The van der Waals surface area contributed by atoms with Gasteiger partial charge in [0.05, 0.1) is 10.7 Å². The number of aldehydes is 1. The Morgan fingerprint density at radius 1 is 1.41 bits per heavy atom. The van der Waals surface area contributed by atoms with Crippen LogP contribution in [0.2, 0.25) is 5.02 Å². The van der Waals surface area contributed by atoms with Crippen LogP contribution < -0.4 is 4.90 Å². The number of anilines is 1. The van der Waals surface area contributed by atoms with Crippen LogP contribution in [0.4, 0.5) is 5.69 Å². The van der Waals surface area contributed by atoms with E-state index in [1.807, 2.05) is 12.1 Å². The summed E-state index contributed by atoms with van der Waals surface area (Å²) in [6.45, 7) is 5.18. The van der Waals surface area contributed by atoms with Gasteiger partial charge in [-0.25, -0.2) is 0 Å². The molecule has 0 bridgehead atoms. The van der Waals surface area contributed by atoms with Gasteiger partial charge in [0.25, 0.3) is 0 Å². The van der Waals surface area contributed by atoms with Gasteiger partial charge in [0, 0.05) is 31.2 Å². The minimum Gasteiger partial charge on any atom is -0.367 e. The molecule has 0 amide bonds. The second kappa shape index (κ2) is 5.07. The predicted octanol–water partition coefficient (Wildman–Crippen LogP) is 2.29. The molecule has 1 fully saturated rings. The van der Waals surface area contributed by atoms with E-state index in [1.165, 1.54) is 0 Å². The topological polar surface area (TPSA) is 23.6 Å². The number of carbonyl (C=O) groups is 1. The SMILES string of the molecule is CC1CN(c2ccc(C=O)cc2Cl)CCN1C. The van der Waals surface area contributed by atoms with Gasteiger partial charge in [0.2, 0.25) is 0 Å². The van der Waals surface area contributed by atoms with Gasteiger partial charge in [0.15, 0.2) is 0 Å². The number of nitrogens with zero attached hydrogens (tertiary/aromatic N) is 2. The Kier molecular flexibility index (Phi) is 3.69. The molecule has 0 N–H and O–H groups in total. The molecule has 2 rings (SSSR count). The molecule has 4 heteroatoms. The molecule has 1 saturated heterocycles. The second-order valence-corrected chi connectivity index (χ2v) is 5.01. The number of halogens is 1. The smallest absolute Gasteiger partial charge is 0.150 e. The number of benzene rings is 1. The Bertz CT molecular complexity index is 422. The fourth-order valence-corrected chi connectivity index (χ4v) is 2.43. The highest BCUT2D eigenvalue weighted by molar-refractivity contribution is 6.33. The molecule has 1 aliphatic rings. The Morgan fingerprint density at radius 3 is 2.76 bits per heavy atom. The molecule has 17 heavy (non-hydrogen) atoms. The minimum atomic E-state index is 0.519. The summed E-state index contributed by atoms with van der Waals surface area (Å²) >= 11 is 6.21. The van der Waals surface area contributed by atoms with Gasteiger partial charge < -0.3 is 9.80 Å². The first-order chi connectivity index (χ1) is 8.11. The van der Waals surface area contributed by atoms with Crippen molar-refractivity contribution in [1.82, 2.24) is 4.90 Å². The summed E-state index contributed by atoms with van der Waals surface area (Å²) in [5.41, 5.74) is 1.65. The zero-order valence-electron chi connectivity index (χ0n) is 10.2. The van der Waals surface area contributed by atoms with Gasteiger partial charge in [-0.15, -0.1) is 0 Å². The highest BCUT2D eigenvalue weighted by Crippen LogP contribution is 2.28. The maximum absolute atomic E-state index is 10.7. The monoisotopic (exact) mass is 252 g/mol. The molecule has 0 saturated carbocycles. The zero-order valence-corrected chi connectivity index (χ0v) is 10.9. The molecule has 0 spiro atoms. The molecule has 1 aromatic rings. The lowest BCUT2D eigenvalue weighted by Crippen LogP contribution is -2.50. The molecule has 1 heterocycles. The van der Waals surface area contributed by atoms with Gasteiger partial charge in [-0.3, -0.25) is 4.79 Å². The molecule has 0 aliphatic carbocycles. The fraction of sp³-hybridized carbons (Fsp3) is 0.462. The van der Waals surface area contributed by atoms with Gasteiger partial charge in [0.1, 0.15) is 6.29 Å². The third-order valence-electron chi connectivity index (χ3n) is 3.41. The summed E-state index contributed by atoms with van der Waals surface area (Å²) in [5.74, 6) is 0. The molecule has 1 aliphatic heterocycles. The van der Waals surface area contributed by atoms with Gasteiger partial charge in [-0.05, 0) is 32.2 Å². The lowest BCUT2D eigenvalue weighted by molar-refractivity contribution is 0.112. The summed E-state index contributed by atoms with van der Waals surface area (Å²) in [7, 11) is 2.14. The van der Waals surface area contributed by atoms with Crippen LogP contribution in [-0.4, -0.2) is 43.9 Å². The van der Waals surface area contributed by atoms with E-state index in [-0.39, 0.29) is 0 Å². The summed E-state index contributed by atoms with van der Waals surface area (Å²) < 4.78 is 0. The Hall–Kier alpha value is -1.06. The minimum absolute atomic E-state index is 0.519. The normalized spacial score (nSPS) is 21.6. The second-order valence-electron chi connectivity index (χ2n) is 4.60. The zero-order chi connectivity index (χ0) is 12.4. The first-order valence-corrected chi connectivity index (χ1v) is 6.19. The van der Waals surface area contributed by atoms with Crippen LogP contribution >= 0.6 is 11.6 Å². The first kappa shape index (κ1) is 12.4. The van der Waals surface area contributed by atoms with Crippen molar-refractivity contribution in [2.45, 2.75) is 13.0 Å². The molecular formula is C13H17ClN2O. The lowest BCUT2D eigenvalue weighted by atomic mass is 10.1. The Balaban J connectivity index is 2.20. The van der Waals surface area contributed by atoms with Gasteiger partial charge >= 0.3 is 0 Å². The molecule has 0 radical (unpaired) electrons. The van der Waals surface area contributed by atoms with E-state index in [0.29, 0.717) is 16.6 Å². The third-order valence-corrected chi connectivity index (χ3v) is 3.71. The van der Waals surface area contributed by atoms with Crippen LogP contribution in [0.5, 0.6) is 0 Å². The predicted molar refractivity (Wildman–Crippen MR) is 71.1 cm³/mol. The van der Waals surface area contributed by atoms with Crippen molar-refractivity contribution >= 4 is 23.6 Å². The largest absolute Gasteiger partial charge is 0.367 e. The van der Waals surface area contributed by atoms with Crippen molar-refractivity contribution in [1.29, 1.82) is 0 Å². The van der Waals surface area contributed by atoms with Crippen molar-refractivity contribution in [3.8, 4) is 0 Å². The summed E-state index contributed by atoms with van der Waals surface area (Å²) in [6, 6.07) is 6.00. The maximum Gasteiger partial charge on any atom is 0.150 e. The number of likely N-dealkylation sites (N-methyl/N-ethyl adjacent to an activating group) is 1. The number of hydrogen-bond acceptors (Lipinski definition) is 3. The van der Waals surface area contributed by atoms with Crippen LogP contribution in [0.3, 0.4) is 0 Å². The van der Waals surface area contributed by atoms with Crippen molar-refractivity contribution in [2.24, 2.45) is 0 Å². The van der Waals surface area contributed by atoms with Crippen LogP contribution in [0, 0.1) is 0 Å². The van der Waals surface area contributed by atoms with Gasteiger partial charge in [-0.1, -0.05) is 11.6 Å². The summed E-state index contributed by atoms with van der Waals surface area (Å²) in [4.78, 5) is 15.3. The number of piperazine rings is 1. The van der Waals surface area contributed by atoms with Crippen molar-refractivity contribution in [3.63, 3.8) is 0 Å². The molecule has 1 aromatic carbocycles. The van der Waals surface area contributed by atoms with E-state index >= 15 is 0 Å². The van der Waals surface area contributed by atoms with E-state index in [9.17, 15) is 4.79 Å². The van der Waals surface area contributed by atoms with E-state index in [1.54, 1.807) is 6.07 Å². The molecular weight excluding hydrogens is 236 g/mol. The molecule has 0 aromatic heterocycles. The lowest BCUT2D eigenvalue weighted by Gasteiger charge is -2.39. The van der Waals surface area contributed by atoms with E-state index in [0.717, 1.165) is 31.6 Å². The van der Waals surface area contributed by atoms with E-state index in [4.69, 9.17) is 11.6 Å². The quantitative estimate of drug-likeness (QED) is 0.755. The van der Waals surface area contributed by atoms with Gasteiger partial charge in [-0.2, -0.15) is 0 Å².